The molecule has 0 aromatic heterocycles. The van der Waals surface area contributed by atoms with E-state index in [1.54, 1.807) is 0 Å². The van der Waals surface area contributed by atoms with E-state index in [2.05, 4.69) is 11.8 Å². The molecule has 3 unspecified atom stereocenters. The molecule has 2 N–H and O–H groups in total. The van der Waals surface area contributed by atoms with Crippen molar-refractivity contribution in [1.29, 1.82) is 0 Å². The van der Waals surface area contributed by atoms with Crippen molar-refractivity contribution in [3.05, 3.63) is 35.9 Å². The highest BCUT2D eigenvalue weighted by molar-refractivity contribution is 5.78. The molecule has 2 rings (SSSR count). The minimum absolute atomic E-state index is 0.171. The number of carbonyl (C=O) groups excluding carboxylic acids is 1. The average Bonchev–Trinajstić information content (AvgIpc) is 2.53. The molecule has 0 aliphatic carbocycles. The molecule has 1 aliphatic rings. The maximum atomic E-state index is 12.2. The van der Waals surface area contributed by atoms with E-state index in [0.29, 0.717) is 25.0 Å². The Balaban J connectivity index is 2.16. The van der Waals surface area contributed by atoms with E-state index in [-0.39, 0.29) is 11.9 Å². The van der Waals surface area contributed by atoms with Crippen LogP contribution in [0.15, 0.2) is 30.3 Å². The summed E-state index contributed by atoms with van der Waals surface area (Å²) in [5.74, 6) is 0.170. The van der Waals surface area contributed by atoms with Crippen LogP contribution in [0.4, 0.5) is 0 Å². The lowest BCUT2D eigenvalue weighted by molar-refractivity contribution is -0.143. The van der Waals surface area contributed by atoms with Gasteiger partial charge in [0.1, 0.15) is 0 Å². The normalized spacial score (nSPS) is 24.5. The van der Waals surface area contributed by atoms with Crippen LogP contribution >= 0.6 is 0 Å². The van der Waals surface area contributed by atoms with Crippen molar-refractivity contribution in [2.24, 2.45) is 11.7 Å². The Bertz CT molecular complexity index is 449. The number of hydrogen-bond acceptors (Lipinski definition) is 4. The number of ether oxygens (including phenoxy) is 1. The van der Waals surface area contributed by atoms with Crippen molar-refractivity contribution in [2.75, 3.05) is 26.7 Å². The highest BCUT2D eigenvalue weighted by Crippen LogP contribution is 2.26. The van der Waals surface area contributed by atoms with Crippen molar-refractivity contribution in [3.8, 4) is 0 Å². The second kappa shape index (κ2) is 7.57. The number of nitrogens with two attached hydrogens (primary N) is 1. The summed E-state index contributed by atoms with van der Waals surface area (Å²) in [6, 6.07) is 10.2. The molecular formula is C17H26N2O2. The highest BCUT2D eigenvalue weighted by Gasteiger charge is 2.32. The van der Waals surface area contributed by atoms with Gasteiger partial charge in [-0.2, -0.15) is 0 Å². The zero-order chi connectivity index (χ0) is 15.2. The Hall–Kier alpha value is -1.39. The highest BCUT2D eigenvalue weighted by atomic mass is 16.5. The number of carbonyl (C=O) groups is 1. The second-order valence-corrected chi connectivity index (χ2v) is 5.90. The van der Waals surface area contributed by atoms with Gasteiger partial charge in [0.05, 0.1) is 13.0 Å². The maximum absolute atomic E-state index is 12.2. The number of methoxy groups -OCH3 is 1. The molecule has 3 atom stereocenters. The molecule has 1 aromatic carbocycles. The van der Waals surface area contributed by atoms with Crippen LogP contribution in [-0.4, -0.2) is 43.7 Å². The van der Waals surface area contributed by atoms with Crippen LogP contribution in [0, 0.1) is 5.92 Å². The van der Waals surface area contributed by atoms with Gasteiger partial charge in [0.15, 0.2) is 0 Å². The van der Waals surface area contributed by atoms with E-state index in [4.69, 9.17) is 10.5 Å². The van der Waals surface area contributed by atoms with Crippen LogP contribution in [0.25, 0.3) is 0 Å². The van der Waals surface area contributed by atoms with E-state index in [0.717, 1.165) is 12.1 Å². The Morgan fingerprint density at radius 2 is 2.14 bits per heavy atom. The molecule has 0 radical (unpaired) electrons. The summed E-state index contributed by atoms with van der Waals surface area (Å²) in [7, 11) is 1.46. The number of benzene rings is 1. The third-order valence-corrected chi connectivity index (χ3v) is 4.58. The fourth-order valence-corrected chi connectivity index (χ4v) is 3.32. The Morgan fingerprint density at radius 3 is 2.76 bits per heavy atom. The Kier molecular flexibility index (Phi) is 5.76. The predicted molar refractivity (Wildman–Crippen MR) is 84.0 cm³/mol. The van der Waals surface area contributed by atoms with E-state index in [9.17, 15) is 4.79 Å². The number of esters is 1. The van der Waals surface area contributed by atoms with Gasteiger partial charge in [-0.3, -0.25) is 9.69 Å². The number of nitrogens with zero attached hydrogens (tertiary/aromatic N) is 1. The standard InChI is InChI=1S/C17H26N2O2/c1-13-7-6-10-19(16(13)11-18)12-15(17(20)21-2)14-8-4-3-5-9-14/h3-5,8-9,13,15-16H,6-7,10-12,18H2,1-2H3. The van der Waals surface area contributed by atoms with Crippen molar-refractivity contribution >= 4 is 5.97 Å². The topological polar surface area (TPSA) is 55.6 Å². The van der Waals surface area contributed by atoms with Gasteiger partial charge in [-0.25, -0.2) is 0 Å². The maximum Gasteiger partial charge on any atom is 0.314 e. The molecular weight excluding hydrogens is 264 g/mol. The van der Waals surface area contributed by atoms with Gasteiger partial charge < -0.3 is 10.5 Å². The fraction of sp³-hybridized carbons (Fsp3) is 0.588. The van der Waals surface area contributed by atoms with Crippen LogP contribution in [0.1, 0.15) is 31.2 Å². The van der Waals surface area contributed by atoms with Gasteiger partial charge in [0, 0.05) is 19.1 Å². The molecule has 1 saturated heterocycles. The summed E-state index contributed by atoms with van der Waals surface area (Å²) in [4.78, 5) is 14.5. The van der Waals surface area contributed by atoms with E-state index < -0.39 is 0 Å². The molecule has 1 aromatic rings. The summed E-state index contributed by atoms with van der Waals surface area (Å²) >= 11 is 0. The van der Waals surface area contributed by atoms with Crippen LogP contribution in [0.2, 0.25) is 0 Å². The van der Waals surface area contributed by atoms with Gasteiger partial charge in [0.25, 0.3) is 0 Å². The van der Waals surface area contributed by atoms with E-state index >= 15 is 0 Å². The lowest BCUT2D eigenvalue weighted by Gasteiger charge is -2.40. The Morgan fingerprint density at radius 1 is 1.43 bits per heavy atom. The van der Waals surface area contributed by atoms with Crippen molar-refractivity contribution in [2.45, 2.75) is 31.7 Å². The first-order valence-electron chi connectivity index (χ1n) is 7.74. The first-order valence-corrected chi connectivity index (χ1v) is 7.74. The quantitative estimate of drug-likeness (QED) is 0.843. The monoisotopic (exact) mass is 290 g/mol. The number of hydrogen-bond donors (Lipinski definition) is 1. The van der Waals surface area contributed by atoms with Crippen molar-refractivity contribution in [3.63, 3.8) is 0 Å². The molecule has 1 aliphatic heterocycles. The van der Waals surface area contributed by atoms with Gasteiger partial charge in [-0.1, -0.05) is 37.3 Å². The minimum Gasteiger partial charge on any atom is -0.469 e. The fourth-order valence-electron chi connectivity index (χ4n) is 3.32. The molecule has 1 fully saturated rings. The smallest absolute Gasteiger partial charge is 0.314 e. The van der Waals surface area contributed by atoms with Gasteiger partial charge in [-0.15, -0.1) is 0 Å². The van der Waals surface area contributed by atoms with Crippen LogP contribution in [0.3, 0.4) is 0 Å². The molecule has 0 saturated carbocycles. The second-order valence-electron chi connectivity index (χ2n) is 5.90. The average molecular weight is 290 g/mol. The largest absolute Gasteiger partial charge is 0.469 e. The molecule has 4 heteroatoms. The molecule has 0 amide bonds. The number of likely N-dealkylation sites (tertiary alicyclic amines) is 1. The Labute approximate surface area is 127 Å². The van der Waals surface area contributed by atoms with Gasteiger partial charge in [-0.05, 0) is 30.9 Å². The molecule has 0 spiro atoms. The van der Waals surface area contributed by atoms with E-state index in [1.165, 1.54) is 20.0 Å². The van der Waals surface area contributed by atoms with Gasteiger partial charge in [0.2, 0.25) is 0 Å². The number of rotatable bonds is 5. The summed E-state index contributed by atoms with van der Waals surface area (Å²) in [5, 5.41) is 0. The third-order valence-electron chi connectivity index (χ3n) is 4.58. The third kappa shape index (κ3) is 3.83. The van der Waals surface area contributed by atoms with Crippen molar-refractivity contribution in [1.82, 2.24) is 4.90 Å². The summed E-state index contributed by atoms with van der Waals surface area (Å²) < 4.78 is 5.01. The van der Waals surface area contributed by atoms with Gasteiger partial charge >= 0.3 is 5.97 Å². The van der Waals surface area contributed by atoms with Crippen LogP contribution < -0.4 is 5.73 Å². The summed E-state index contributed by atoms with van der Waals surface area (Å²) in [6.07, 6.45) is 2.38. The van der Waals surface area contributed by atoms with E-state index in [1.807, 2.05) is 30.3 Å². The molecule has 21 heavy (non-hydrogen) atoms. The molecule has 0 bridgehead atoms. The number of piperidine rings is 1. The van der Waals surface area contributed by atoms with Crippen LogP contribution in [0.5, 0.6) is 0 Å². The lowest BCUT2D eigenvalue weighted by Crippen LogP contribution is -2.50. The zero-order valence-corrected chi connectivity index (χ0v) is 13.0. The predicted octanol–water partition coefficient (Wildman–Crippen LogP) is 2.00. The minimum atomic E-state index is -0.240. The zero-order valence-electron chi connectivity index (χ0n) is 13.0. The van der Waals surface area contributed by atoms with Crippen LogP contribution in [-0.2, 0) is 9.53 Å². The first-order chi connectivity index (χ1) is 10.2. The van der Waals surface area contributed by atoms with Crippen molar-refractivity contribution < 1.29 is 9.53 Å². The summed E-state index contributed by atoms with van der Waals surface area (Å²) in [6.45, 7) is 4.58. The molecule has 4 nitrogen and oxygen atoms in total. The lowest BCUT2D eigenvalue weighted by atomic mass is 9.89. The first kappa shape index (κ1) is 16.0. The molecule has 1 heterocycles. The summed E-state index contributed by atoms with van der Waals surface area (Å²) in [5.41, 5.74) is 6.96. The SMILES string of the molecule is COC(=O)C(CN1CCCC(C)C1CN)c1ccccc1. The molecule has 116 valence electrons.